The van der Waals surface area contributed by atoms with E-state index in [2.05, 4.69) is 58.2 Å². The van der Waals surface area contributed by atoms with Gasteiger partial charge < -0.3 is 0 Å². The minimum absolute atomic E-state index is 0.462. The van der Waals surface area contributed by atoms with Crippen molar-refractivity contribution in [3.05, 3.63) is 35.1 Å². The minimum Gasteiger partial charge on any atom is -0.290 e. The third-order valence-electron chi connectivity index (χ3n) is 1.01. The fourth-order valence-electron chi connectivity index (χ4n) is 0.511. The van der Waals surface area contributed by atoms with Crippen LogP contribution in [-0.4, -0.2) is 12.6 Å². The van der Waals surface area contributed by atoms with Gasteiger partial charge >= 0.3 is 0 Å². The fraction of sp³-hybridized carbons (Fsp3) is 0.0769. The Morgan fingerprint density at radius 3 is 2.73 bits per heavy atom. The van der Waals surface area contributed by atoms with Gasteiger partial charge in [-0.2, -0.15) is 0 Å². The molecule has 0 radical (unpaired) electrons. The summed E-state index contributed by atoms with van der Waals surface area (Å²) in [6, 6.07) is 0. The van der Waals surface area contributed by atoms with Gasteiger partial charge in [0.15, 0.2) is 0 Å². The Morgan fingerprint density at radius 1 is 1.33 bits per heavy atom. The van der Waals surface area contributed by atoms with Crippen LogP contribution in [0.3, 0.4) is 0 Å². The molecular formula is C13H8N2. The molecule has 0 bridgehead atoms. The van der Waals surface area contributed by atoms with Crippen LogP contribution in [0.5, 0.6) is 0 Å². The van der Waals surface area contributed by atoms with Crippen molar-refractivity contribution in [2.45, 2.75) is 6.92 Å². The van der Waals surface area contributed by atoms with Gasteiger partial charge in [0.05, 0.1) is 11.8 Å². The molecule has 0 amide bonds. The summed E-state index contributed by atoms with van der Waals surface area (Å²) in [6.07, 6.45) is 2.29. The van der Waals surface area contributed by atoms with Crippen molar-refractivity contribution in [1.29, 1.82) is 5.41 Å². The Labute approximate surface area is 89.2 Å². The molecule has 0 atom stereocenters. The van der Waals surface area contributed by atoms with Crippen LogP contribution in [0, 0.1) is 29.1 Å². The van der Waals surface area contributed by atoms with Gasteiger partial charge in [0, 0.05) is 0 Å². The maximum Gasteiger partial charge on any atom is 0.106 e. The molecular weight excluding hydrogens is 184 g/mol. The van der Waals surface area contributed by atoms with Crippen molar-refractivity contribution in [3.63, 3.8) is 0 Å². The second-order valence-electron chi connectivity index (χ2n) is 2.00. The van der Waals surface area contributed by atoms with Crippen LogP contribution < -0.4 is 0 Å². The molecule has 0 heterocycles. The number of nitrogens with one attached hydrogen (secondary N) is 1. The summed E-state index contributed by atoms with van der Waals surface area (Å²) >= 11 is 0. The summed E-state index contributed by atoms with van der Waals surface area (Å²) in [6.45, 7) is 5.01. The first-order chi connectivity index (χ1) is 7.35. The molecule has 0 unspecified atom stereocenters. The van der Waals surface area contributed by atoms with Crippen molar-refractivity contribution in [2.75, 3.05) is 0 Å². The maximum absolute atomic E-state index is 6.72. The van der Waals surface area contributed by atoms with Crippen LogP contribution in [0.15, 0.2) is 40.1 Å². The number of allylic oxidation sites excluding steroid dienone is 1. The molecule has 0 aliphatic carbocycles. The highest BCUT2D eigenvalue weighted by molar-refractivity contribution is 5.88. The van der Waals surface area contributed by atoms with Crippen LogP contribution in [0.2, 0.25) is 0 Å². The molecule has 1 N–H and O–H groups in total. The first-order valence-corrected chi connectivity index (χ1v) is 3.95. The van der Waals surface area contributed by atoms with Crippen LogP contribution in [-0.2, 0) is 0 Å². The largest absolute Gasteiger partial charge is 0.290 e. The number of hydrogen-bond donors (Lipinski definition) is 1. The number of hydrogen-bond acceptors (Lipinski definition) is 1. The molecule has 0 spiro atoms. The standard InChI is InChI=1S/C13H8N2/c1-3-5-7-9-13(11-15-12-14)10-8-6-4-2/h11-12,14H,1H2,2H3. The average molecular weight is 192 g/mol. The SMILES string of the molecule is C=C=C=C=C=C(C#CC#CC)C=NC=N. The van der Waals surface area contributed by atoms with E-state index in [0.717, 1.165) is 6.34 Å². The van der Waals surface area contributed by atoms with Gasteiger partial charge in [-0.05, 0) is 48.5 Å². The number of aliphatic imine (C=N–C) groups is 1. The molecule has 0 saturated carbocycles. The quantitative estimate of drug-likeness (QED) is 0.300. The minimum atomic E-state index is 0.462. The Hall–Kier alpha value is -2.68. The lowest BCUT2D eigenvalue weighted by atomic mass is 10.3. The van der Waals surface area contributed by atoms with E-state index in [9.17, 15) is 0 Å². The van der Waals surface area contributed by atoms with Crippen molar-refractivity contribution in [3.8, 4) is 23.7 Å². The summed E-state index contributed by atoms with van der Waals surface area (Å²) in [5, 5.41) is 6.72. The van der Waals surface area contributed by atoms with Crippen LogP contribution >= 0.6 is 0 Å². The molecule has 0 fully saturated rings. The average Bonchev–Trinajstić information content (AvgIpc) is 2.25. The van der Waals surface area contributed by atoms with E-state index >= 15 is 0 Å². The predicted octanol–water partition coefficient (Wildman–Crippen LogP) is 1.87. The normalized spacial score (nSPS) is 6.47. The van der Waals surface area contributed by atoms with Crippen molar-refractivity contribution in [2.24, 2.45) is 4.99 Å². The number of nitrogens with zero attached hydrogens (tertiary/aromatic N) is 1. The molecule has 0 aromatic rings. The molecule has 0 saturated heterocycles. The van der Waals surface area contributed by atoms with E-state index < -0.39 is 0 Å². The third-order valence-corrected chi connectivity index (χ3v) is 1.01. The van der Waals surface area contributed by atoms with Gasteiger partial charge in [-0.25, -0.2) is 4.99 Å². The fourth-order valence-corrected chi connectivity index (χ4v) is 0.511. The lowest BCUT2D eigenvalue weighted by Crippen LogP contribution is -1.77. The van der Waals surface area contributed by atoms with Gasteiger partial charge in [0.25, 0.3) is 0 Å². The zero-order chi connectivity index (χ0) is 11.4. The summed E-state index contributed by atoms with van der Waals surface area (Å²) in [5.74, 6) is 10.5. The molecule has 0 rings (SSSR count). The molecule has 2 nitrogen and oxygen atoms in total. The molecule has 0 aliphatic heterocycles. The molecule has 0 aliphatic rings. The van der Waals surface area contributed by atoms with E-state index in [4.69, 9.17) is 5.41 Å². The smallest absolute Gasteiger partial charge is 0.106 e. The van der Waals surface area contributed by atoms with Gasteiger partial charge in [-0.1, -0.05) is 11.7 Å². The Kier molecular flexibility index (Phi) is 7.73. The molecule has 0 aromatic heterocycles. The predicted molar refractivity (Wildman–Crippen MR) is 61.7 cm³/mol. The second-order valence-corrected chi connectivity index (χ2v) is 2.00. The number of rotatable bonds is 2. The van der Waals surface area contributed by atoms with Crippen LogP contribution in [0.4, 0.5) is 0 Å². The lowest BCUT2D eigenvalue weighted by molar-refractivity contribution is 1.52. The van der Waals surface area contributed by atoms with Crippen molar-refractivity contribution >= 4 is 12.6 Å². The molecule has 70 valence electrons. The summed E-state index contributed by atoms with van der Waals surface area (Å²) in [5.41, 5.74) is 10.6. The van der Waals surface area contributed by atoms with Gasteiger partial charge in [-0.15, -0.1) is 0 Å². The van der Waals surface area contributed by atoms with Crippen LogP contribution in [0.1, 0.15) is 6.92 Å². The monoisotopic (exact) mass is 192 g/mol. The Bertz CT molecular complexity index is 531. The highest BCUT2D eigenvalue weighted by atomic mass is 14.7. The van der Waals surface area contributed by atoms with E-state index in [1.165, 1.54) is 6.21 Å². The van der Waals surface area contributed by atoms with E-state index in [1.807, 2.05) is 0 Å². The lowest BCUT2D eigenvalue weighted by Gasteiger charge is -1.77. The van der Waals surface area contributed by atoms with Gasteiger partial charge in [0.2, 0.25) is 0 Å². The Balaban J connectivity index is 5.34. The summed E-state index contributed by atoms with van der Waals surface area (Å²) in [7, 11) is 0. The topological polar surface area (TPSA) is 36.2 Å². The van der Waals surface area contributed by atoms with Crippen LogP contribution in [0.25, 0.3) is 0 Å². The van der Waals surface area contributed by atoms with E-state index in [0.29, 0.717) is 5.57 Å². The first-order valence-electron chi connectivity index (χ1n) is 3.95. The first kappa shape index (κ1) is 12.3. The van der Waals surface area contributed by atoms with E-state index in [1.54, 1.807) is 6.92 Å². The van der Waals surface area contributed by atoms with Gasteiger partial charge in [-0.3, -0.25) is 5.41 Å². The third kappa shape index (κ3) is 7.67. The van der Waals surface area contributed by atoms with Gasteiger partial charge in [0.1, 0.15) is 6.34 Å². The zero-order valence-electron chi connectivity index (χ0n) is 8.31. The highest BCUT2D eigenvalue weighted by Crippen LogP contribution is 1.82. The molecule has 2 heteroatoms. The highest BCUT2D eigenvalue weighted by Gasteiger charge is 1.80. The summed E-state index contributed by atoms with van der Waals surface area (Å²) < 4.78 is 0. The summed E-state index contributed by atoms with van der Waals surface area (Å²) in [4.78, 5) is 3.59. The second kappa shape index (κ2) is 9.41. The van der Waals surface area contributed by atoms with E-state index in [-0.39, 0.29) is 0 Å². The maximum atomic E-state index is 6.72. The molecule has 15 heavy (non-hydrogen) atoms. The zero-order valence-corrected chi connectivity index (χ0v) is 8.31. The van der Waals surface area contributed by atoms with Crippen molar-refractivity contribution < 1.29 is 0 Å². The Morgan fingerprint density at radius 2 is 2.13 bits per heavy atom. The molecule has 0 aromatic carbocycles. The van der Waals surface area contributed by atoms with Crippen molar-refractivity contribution in [1.82, 2.24) is 0 Å².